The van der Waals surface area contributed by atoms with Gasteiger partial charge in [0.15, 0.2) is 0 Å². The predicted molar refractivity (Wildman–Crippen MR) is 97.6 cm³/mol. The van der Waals surface area contributed by atoms with E-state index in [0.717, 1.165) is 44.1 Å². The molecular weight excluding hydrogens is 357 g/mol. The van der Waals surface area contributed by atoms with E-state index >= 15 is 0 Å². The summed E-state index contributed by atoms with van der Waals surface area (Å²) in [6.45, 7) is 6.99. The Labute approximate surface area is 156 Å². The maximum absolute atomic E-state index is 12.8. The minimum absolute atomic E-state index is 0.231. The number of phenolic OH excluding ortho intramolecular Hbond substituents is 1. The van der Waals surface area contributed by atoms with Gasteiger partial charge in [0.25, 0.3) is 0 Å². The van der Waals surface area contributed by atoms with Crippen LogP contribution in [-0.4, -0.2) is 45.9 Å². The van der Waals surface area contributed by atoms with Crippen molar-refractivity contribution in [2.75, 3.05) is 25.0 Å². The molecule has 0 amide bonds. The number of alkyl halides is 3. The maximum atomic E-state index is 12.8. The highest BCUT2D eigenvalue weighted by molar-refractivity contribution is 5.70. The summed E-state index contributed by atoms with van der Waals surface area (Å²) >= 11 is 0. The van der Waals surface area contributed by atoms with Crippen molar-refractivity contribution in [3.63, 3.8) is 0 Å². The number of nitrogens with zero attached hydrogens (tertiary/aromatic N) is 3. The smallest absolute Gasteiger partial charge is 0.416 e. The number of hydrogen-bond donors (Lipinski definition) is 2. The summed E-state index contributed by atoms with van der Waals surface area (Å²) < 4.78 is 38.3. The average molecular weight is 380 g/mol. The minimum atomic E-state index is -4.50. The SMILES string of the molecule is CCN1CCCC(Nc2cc(C)c(-c3ccc(C(F)(F)F)cc3O)nn2)C1. The van der Waals surface area contributed by atoms with Crippen molar-refractivity contribution in [3.05, 3.63) is 35.4 Å². The van der Waals surface area contributed by atoms with Crippen molar-refractivity contribution < 1.29 is 18.3 Å². The van der Waals surface area contributed by atoms with Gasteiger partial charge in [-0.3, -0.25) is 0 Å². The van der Waals surface area contributed by atoms with E-state index in [-0.39, 0.29) is 11.6 Å². The summed E-state index contributed by atoms with van der Waals surface area (Å²) in [6, 6.07) is 4.97. The number of aryl methyl sites for hydroxylation is 1. The third kappa shape index (κ3) is 4.50. The number of likely N-dealkylation sites (N-methyl/N-ethyl adjacent to an activating group) is 1. The Morgan fingerprint density at radius 1 is 1.26 bits per heavy atom. The lowest BCUT2D eigenvalue weighted by atomic mass is 10.0. The van der Waals surface area contributed by atoms with Crippen LogP contribution >= 0.6 is 0 Å². The molecule has 3 rings (SSSR count). The zero-order valence-electron chi connectivity index (χ0n) is 15.3. The third-order valence-corrected chi connectivity index (χ3v) is 4.87. The van der Waals surface area contributed by atoms with Crippen LogP contribution < -0.4 is 5.32 Å². The van der Waals surface area contributed by atoms with E-state index in [9.17, 15) is 18.3 Å². The Hall–Kier alpha value is -2.35. The molecule has 1 aromatic carbocycles. The van der Waals surface area contributed by atoms with Crippen LogP contribution in [0.3, 0.4) is 0 Å². The second-order valence-corrected chi connectivity index (χ2v) is 6.87. The first-order valence-corrected chi connectivity index (χ1v) is 9.01. The molecule has 2 aromatic rings. The van der Waals surface area contributed by atoms with Crippen LogP contribution in [0, 0.1) is 6.92 Å². The number of phenols is 1. The van der Waals surface area contributed by atoms with Crippen LogP contribution in [0.15, 0.2) is 24.3 Å². The molecule has 0 aliphatic carbocycles. The molecule has 8 heteroatoms. The summed E-state index contributed by atoms with van der Waals surface area (Å²) in [7, 11) is 0. The van der Waals surface area contributed by atoms with E-state index in [4.69, 9.17) is 0 Å². The molecule has 1 aliphatic rings. The molecular formula is C19H23F3N4O. The first kappa shape index (κ1) is 19.4. The third-order valence-electron chi connectivity index (χ3n) is 4.87. The highest BCUT2D eigenvalue weighted by Gasteiger charge is 2.31. The van der Waals surface area contributed by atoms with Crippen molar-refractivity contribution in [3.8, 4) is 17.0 Å². The van der Waals surface area contributed by atoms with E-state index in [1.807, 2.05) is 6.07 Å². The van der Waals surface area contributed by atoms with Gasteiger partial charge in [-0.15, -0.1) is 10.2 Å². The van der Waals surface area contributed by atoms with Crippen LogP contribution in [0.5, 0.6) is 5.75 Å². The van der Waals surface area contributed by atoms with Gasteiger partial charge in [0.05, 0.1) is 11.3 Å². The fraction of sp³-hybridized carbons (Fsp3) is 0.474. The van der Waals surface area contributed by atoms with E-state index in [1.165, 1.54) is 6.07 Å². The van der Waals surface area contributed by atoms with Crippen molar-refractivity contribution in [1.29, 1.82) is 0 Å². The Bertz CT molecular complexity index is 810. The molecule has 5 nitrogen and oxygen atoms in total. The molecule has 1 unspecified atom stereocenters. The molecule has 1 aliphatic heterocycles. The quantitative estimate of drug-likeness (QED) is 0.837. The van der Waals surface area contributed by atoms with Crippen LogP contribution in [0.2, 0.25) is 0 Å². The molecule has 2 heterocycles. The maximum Gasteiger partial charge on any atom is 0.416 e. The lowest BCUT2D eigenvalue weighted by Gasteiger charge is -2.32. The molecule has 0 radical (unpaired) electrons. The van der Waals surface area contributed by atoms with Crippen LogP contribution in [0.4, 0.5) is 19.0 Å². The molecule has 0 spiro atoms. The summed E-state index contributed by atoms with van der Waals surface area (Å²) in [6.07, 6.45) is -2.33. The Morgan fingerprint density at radius 2 is 2.04 bits per heavy atom. The van der Waals surface area contributed by atoms with Gasteiger partial charge in [-0.1, -0.05) is 6.92 Å². The Balaban J connectivity index is 1.79. The van der Waals surface area contributed by atoms with Gasteiger partial charge in [0, 0.05) is 18.2 Å². The van der Waals surface area contributed by atoms with Crippen LogP contribution in [0.25, 0.3) is 11.3 Å². The molecule has 1 fully saturated rings. The number of halogens is 3. The monoisotopic (exact) mass is 380 g/mol. The number of rotatable bonds is 4. The average Bonchev–Trinajstić information content (AvgIpc) is 2.62. The molecule has 1 atom stereocenters. The second-order valence-electron chi connectivity index (χ2n) is 6.87. The number of anilines is 1. The summed E-state index contributed by atoms with van der Waals surface area (Å²) in [5, 5.41) is 21.7. The summed E-state index contributed by atoms with van der Waals surface area (Å²) in [5.41, 5.74) is 0.427. The zero-order valence-corrected chi connectivity index (χ0v) is 15.3. The first-order chi connectivity index (χ1) is 12.8. The van der Waals surface area contributed by atoms with Crippen molar-refractivity contribution in [2.45, 2.75) is 38.9 Å². The molecule has 27 heavy (non-hydrogen) atoms. The first-order valence-electron chi connectivity index (χ1n) is 9.01. The van der Waals surface area contributed by atoms with Crippen LogP contribution in [0.1, 0.15) is 30.9 Å². The Kier molecular flexibility index (Phi) is 5.55. The summed E-state index contributed by atoms with van der Waals surface area (Å²) in [4.78, 5) is 2.37. The van der Waals surface area contributed by atoms with Gasteiger partial charge < -0.3 is 15.3 Å². The summed E-state index contributed by atoms with van der Waals surface area (Å²) in [5.74, 6) is 0.166. The number of aromatic nitrogens is 2. The molecule has 2 N–H and O–H groups in total. The Morgan fingerprint density at radius 3 is 2.67 bits per heavy atom. The molecule has 1 aromatic heterocycles. The standard InChI is InChI=1S/C19H23F3N4O/c1-3-26-8-4-5-14(11-26)23-17-9-12(2)18(25-24-17)15-7-6-13(10-16(15)27)19(20,21)22/h6-7,9-10,14,27H,3-5,8,11H2,1-2H3,(H,23,24). The number of nitrogens with one attached hydrogen (secondary N) is 1. The van der Waals surface area contributed by atoms with Gasteiger partial charge in [-0.2, -0.15) is 13.2 Å². The molecule has 1 saturated heterocycles. The number of benzene rings is 1. The van der Waals surface area contributed by atoms with Gasteiger partial charge in [0.2, 0.25) is 0 Å². The van der Waals surface area contributed by atoms with Gasteiger partial charge in [0.1, 0.15) is 11.6 Å². The fourth-order valence-corrected chi connectivity index (χ4v) is 3.40. The number of piperidine rings is 1. The van der Waals surface area contributed by atoms with Crippen LogP contribution in [-0.2, 0) is 6.18 Å². The number of aromatic hydroxyl groups is 1. The topological polar surface area (TPSA) is 61.3 Å². The lowest BCUT2D eigenvalue weighted by Crippen LogP contribution is -2.42. The fourth-order valence-electron chi connectivity index (χ4n) is 3.40. The van der Waals surface area contributed by atoms with Crippen molar-refractivity contribution in [1.82, 2.24) is 15.1 Å². The van der Waals surface area contributed by atoms with Crippen molar-refractivity contribution in [2.24, 2.45) is 0 Å². The normalized spacial score (nSPS) is 18.5. The van der Waals surface area contributed by atoms with E-state index in [1.54, 1.807) is 6.92 Å². The van der Waals surface area contributed by atoms with Gasteiger partial charge >= 0.3 is 6.18 Å². The van der Waals surface area contributed by atoms with Gasteiger partial charge in [-0.25, -0.2) is 0 Å². The largest absolute Gasteiger partial charge is 0.507 e. The minimum Gasteiger partial charge on any atom is -0.507 e. The number of hydrogen-bond acceptors (Lipinski definition) is 5. The van der Waals surface area contributed by atoms with E-state index < -0.39 is 17.5 Å². The molecule has 0 bridgehead atoms. The predicted octanol–water partition coefficient (Wildman–Crippen LogP) is 4.07. The van der Waals surface area contributed by atoms with E-state index in [2.05, 4.69) is 27.3 Å². The van der Waals surface area contributed by atoms with Crippen molar-refractivity contribution >= 4 is 5.82 Å². The molecule has 0 saturated carbocycles. The number of likely N-dealkylation sites (tertiary alicyclic amines) is 1. The van der Waals surface area contributed by atoms with Gasteiger partial charge in [-0.05, 0) is 62.7 Å². The molecule has 146 valence electrons. The lowest BCUT2D eigenvalue weighted by molar-refractivity contribution is -0.137. The highest BCUT2D eigenvalue weighted by atomic mass is 19.4. The zero-order chi connectivity index (χ0) is 19.6. The highest BCUT2D eigenvalue weighted by Crippen LogP contribution is 2.36. The second kappa shape index (κ2) is 7.72. The van der Waals surface area contributed by atoms with E-state index in [0.29, 0.717) is 17.6 Å².